The average molecular weight is 462 g/mol. The van der Waals surface area contributed by atoms with Crippen LogP contribution >= 0.6 is 15.9 Å². The third-order valence-electron chi connectivity index (χ3n) is 4.44. The molecule has 0 N–H and O–H groups in total. The third-order valence-corrected chi connectivity index (χ3v) is 8.80. The molecule has 0 atom stereocenters. The van der Waals surface area contributed by atoms with Crippen LogP contribution in [0, 0.1) is 13.8 Å². The molecule has 7 nitrogen and oxygen atoms in total. The van der Waals surface area contributed by atoms with E-state index in [1.54, 1.807) is 12.1 Å². The van der Waals surface area contributed by atoms with Crippen LogP contribution in [0.15, 0.2) is 38.5 Å². The van der Waals surface area contributed by atoms with Gasteiger partial charge in [-0.05, 0) is 51.0 Å². The minimum Gasteiger partial charge on any atom is -0.207 e. The number of benzene rings is 1. The molecule has 1 saturated heterocycles. The maximum atomic E-state index is 13.0. The first-order valence-electron chi connectivity index (χ1n) is 8.23. The smallest absolute Gasteiger partial charge is 0.207 e. The third kappa shape index (κ3) is 3.35. The molecule has 3 rings (SSSR count). The monoisotopic (exact) mass is 461 g/mol. The number of aromatic nitrogens is 2. The molecule has 26 heavy (non-hydrogen) atoms. The predicted molar refractivity (Wildman–Crippen MR) is 101 cm³/mol. The lowest BCUT2D eigenvalue weighted by Crippen LogP contribution is -2.36. The number of rotatable bonds is 4. The molecule has 0 aliphatic carbocycles. The van der Waals surface area contributed by atoms with Crippen LogP contribution in [-0.2, 0) is 20.0 Å². The quantitative estimate of drug-likeness (QED) is 0.697. The van der Waals surface area contributed by atoms with E-state index in [2.05, 4.69) is 21.0 Å². The highest BCUT2D eigenvalue weighted by Crippen LogP contribution is 2.28. The van der Waals surface area contributed by atoms with Gasteiger partial charge in [-0.25, -0.2) is 8.42 Å². The summed E-state index contributed by atoms with van der Waals surface area (Å²) in [6.45, 7) is 3.91. The molecular formula is C16H20BrN3O4S2. The van der Waals surface area contributed by atoms with Crippen LogP contribution in [0.25, 0.3) is 0 Å². The average Bonchev–Trinajstić information content (AvgIpc) is 2.92. The Morgan fingerprint density at radius 1 is 0.923 bits per heavy atom. The first-order valence-corrected chi connectivity index (χ1v) is 11.9. The molecule has 1 aliphatic heterocycles. The molecule has 0 radical (unpaired) electrons. The van der Waals surface area contributed by atoms with E-state index in [0.29, 0.717) is 13.1 Å². The number of aryl methyl sites for hydroxylation is 1. The zero-order valence-electron chi connectivity index (χ0n) is 14.5. The summed E-state index contributed by atoms with van der Waals surface area (Å²) in [5.41, 5.74) is 0.296. The fourth-order valence-corrected chi connectivity index (χ4v) is 6.71. The summed E-state index contributed by atoms with van der Waals surface area (Å²) in [7, 11) is -7.75. The van der Waals surface area contributed by atoms with E-state index >= 15 is 0 Å². The van der Waals surface area contributed by atoms with E-state index in [0.717, 1.165) is 27.8 Å². The SMILES string of the molecule is Cc1nn(S(=O)(=O)c2ccc(Br)cc2)c(C)c1S(=O)(=O)N1CCCCC1. The first-order chi connectivity index (χ1) is 12.2. The van der Waals surface area contributed by atoms with Crippen LogP contribution in [-0.4, -0.2) is 43.4 Å². The molecule has 0 bridgehead atoms. The maximum absolute atomic E-state index is 13.0. The Morgan fingerprint density at radius 2 is 1.50 bits per heavy atom. The second kappa shape index (κ2) is 7.06. The molecule has 1 aliphatic rings. The number of hydrogen-bond acceptors (Lipinski definition) is 5. The minimum absolute atomic E-state index is 0.0138. The molecule has 10 heteroatoms. The molecule has 1 fully saturated rings. The summed E-state index contributed by atoms with van der Waals surface area (Å²) in [6.07, 6.45) is 2.62. The van der Waals surface area contributed by atoms with Crippen molar-refractivity contribution < 1.29 is 16.8 Å². The van der Waals surface area contributed by atoms with Crippen LogP contribution in [0.4, 0.5) is 0 Å². The lowest BCUT2D eigenvalue weighted by molar-refractivity contribution is 0.346. The molecule has 2 aromatic rings. The van der Waals surface area contributed by atoms with Crippen molar-refractivity contribution in [3.05, 3.63) is 40.1 Å². The molecule has 1 aromatic heterocycles. The summed E-state index contributed by atoms with van der Waals surface area (Å²) in [5, 5.41) is 4.05. The number of halogens is 1. The number of nitrogens with zero attached hydrogens (tertiary/aromatic N) is 3. The Morgan fingerprint density at radius 3 is 2.08 bits per heavy atom. The second-order valence-electron chi connectivity index (χ2n) is 6.27. The van der Waals surface area contributed by atoms with Gasteiger partial charge < -0.3 is 0 Å². The lowest BCUT2D eigenvalue weighted by Gasteiger charge is -2.25. The van der Waals surface area contributed by atoms with E-state index in [4.69, 9.17) is 0 Å². The summed E-state index contributed by atoms with van der Waals surface area (Å²) >= 11 is 3.27. The molecule has 0 unspecified atom stereocenters. The fourth-order valence-electron chi connectivity index (χ4n) is 3.15. The zero-order chi connectivity index (χ0) is 19.1. The minimum atomic E-state index is -3.98. The summed E-state index contributed by atoms with van der Waals surface area (Å²) in [6, 6.07) is 6.14. The van der Waals surface area contributed by atoms with Crippen LogP contribution < -0.4 is 0 Å². The predicted octanol–water partition coefficient (Wildman–Crippen LogP) is 2.67. The van der Waals surface area contributed by atoms with Gasteiger partial charge in [0.15, 0.2) is 0 Å². The van der Waals surface area contributed by atoms with Crippen molar-refractivity contribution >= 4 is 36.0 Å². The second-order valence-corrected chi connectivity index (χ2v) is 10.8. The topological polar surface area (TPSA) is 89.3 Å². The Kier molecular flexibility index (Phi) is 5.31. The van der Waals surface area contributed by atoms with Crippen LogP contribution in [0.2, 0.25) is 0 Å². The van der Waals surface area contributed by atoms with Crippen LogP contribution in [0.1, 0.15) is 30.7 Å². The number of piperidine rings is 1. The number of sulfonamides is 1. The highest BCUT2D eigenvalue weighted by molar-refractivity contribution is 9.10. The van der Waals surface area contributed by atoms with E-state index in [1.165, 1.54) is 30.3 Å². The van der Waals surface area contributed by atoms with E-state index in [1.807, 2.05) is 0 Å². The molecule has 0 amide bonds. The van der Waals surface area contributed by atoms with Gasteiger partial charge in [-0.1, -0.05) is 22.4 Å². The first kappa shape index (κ1) is 19.5. The molecule has 142 valence electrons. The van der Waals surface area contributed by atoms with Crippen molar-refractivity contribution in [2.75, 3.05) is 13.1 Å². The molecular weight excluding hydrogens is 442 g/mol. The van der Waals surface area contributed by atoms with Crippen molar-refractivity contribution in [3.63, 3.8) is 0 Å². The van der Waals surface area contributed by atoms with Gasteiger partial charge in [0.05, 0.1) is 16.3 Å². The fraction of sp³-hybridized carbons (Fsp3) is 0.438. The largest absolute Gasteiger partial charge is 0.283 e. The van der Waals surface area contributed by atoms with Crippen molar-refractivity contribution in [2.24, 2.45) is 0 Å². The molecule has 1 aromatic carbocycles. The van der Waals surface area contributed by atoms with Crippen LogP contribution in [0.3, 0.4) is 0 Å². The Hall–Kier alpha value is -1.23. The normalized spacial score (nSPS) is 16.7. The molecule has 0 saturated carbocycles. The lowest BCUT2D eigenvalue weighted by atomic mass is 10.2. The van der Waals surface area contributed by atoms with Crippen molar-refractivity contribution in [1.29, 1.82) is 0 Å². The van der Waals surface area contributed by atoms with Gasteiger partial charge >= 0.3 is 0 Å². The van der Waals surface area contributed by atoms with Gasteiger partial charge in [-0.15, -0.1) is 0 Å². The maximum Gasteiger partial charge on any atom is 0.283 e. The highest BCUT2D eigenvalue weighted by Gasteiger charge is 2.34. The molecule has 2 heterocycles. The van der Waals surface area contributed by atoms with Crippen molar-refractivity contribution in [2.45, 2.75) is 42.9 Å². The summed E-state index contributed by atoms with van der Waals surface area (Å²) < 4.78 is 54.9. The van der Waals surface area contributed by atoms with E-state index < -0.39 is 20.0 Å². The van der Waals surface area contributed by atoms with Gasteiger partial charge in [-0.2, -0.15) is 21.9 Å². The van der Waals surface area contributed by atoms with Gasteiger partial charge in [0.25, 0.3) is 10.0 Å². The molecule has 0 spiro atoms. The standard InChI is InChI=1S/C16H20BrN3O4S2/c1-12-16(26(23,24)19-10-4-3-5-11-19)13(2)20(18-12)25(21,22)15-8-6-14(17)7-9-15/h6-9H,3-5,10-11H2,1-2H3. The highest BCUT2D eigenvalue weighted by atomic mass is 79.9. The zero-order valence-corrected chi connectivity index (χ0v) is 17.7. The number of hydrogen-bond donors (Lipinski definition) is 0. The Balaban J connectivity index is 2.10. The Labute approximate surface area is 162 Å². The van der Waals surface area contributed by atoms with Crippen LogP contribution in [0.5, 0.6) is 0 Å². The van der Waals surface area contributed by atoms with Gasteiger partial charge in [0.1, 0.15) is 4.90 Å². The van der Waals surface area contributed by atoms with Crippen molar-refractivity contribution in [1.82, 2.24) is 13.5 Å². The van der Waals surface area contributed by atoms with Gasteiger partial charge in [-0.3, -0.25) is 0 Å². The van der Waals surface area contributed by atoms with Crippen molar-refractivity contribution in [3.8, 4) is 0 Å². The van der Waals surface area contributed by atoms with E-state index in [-0.39, 0.29) is 21.2 Å². The van der Waals surface area contributed by atoms with E-state index in [9.17, 15) is 16.8 Å². The summed E-state index contributed by atoms with van der Waals surface area (Å²) in [5.74, 6) is 0. The Bertz CT molecular complexity index is 1020. The van der Waals surface area contributed by atoms with Gasteiger partial charge in [0.2, 0.25) is 10.0 Å². The summed E-state index contributed by atoms with van der Waals surface area (Å²) in [4.78, 5) is 0.0355. The van der Waals surface area contributed by atoms with Gasteiger partial charge in [0, 0.05) is 17.6 Å².